The van der Waals surface area contributed by atoms with E-state index in [-0.39, 0.29) is 24.0 Å². The predicted octanol–water partition coefficient (Wildman–Crippen LogP) is 3.68. The third kappa shape index (κ3) is 8.40. The summed E-state index contributed by atoms with van der Waals surface area (Å²) in [6.07, 6.45) is 5.84. The fourth-order valence-electron chi connectivity index (χ4n) is 2.62. The van der Waals surface area contributed by atoms with Crippen LogP contribution in [0.3, 0.4) is 0 Å². The van der Waals surface area contributed by atoms with Gasteiger partial charge in [-0.1, -0.05) is 19.0 Å². The van der Waals surface area contributed by atoms with Crippen LogP contribution in [0.4, 0.5) is 0 Å². The number of nitrogens with zero attached hydrogens (tertiary/aromatic N) is 2. The SMILES string of the molecule is CCC(CC)c1cc(CNC(=NC)NCCCOCC2CC2)on1.I. The van der Waals surface area contributed by atoms with E-state index in [0.717, 1.165) is 62.4 Å². The summed E-state index contributed by atoms with van der Waals surface area (Å²) in [5, 5.41) is 10.7. The van der Waals surface area contributed by atoms with E-state index in [4.69, 9.17) is 9.26 Å². The van der Waals surface area contributed by atoms with Crippen LogP contribution >= 0.6 is 24.0 Å². The third-order valence-electron chi connectivity index (χ3n) is 4.44. The van der Waals surface area contributed by atoms with E-state index in [1.54, 1.807) is 7.05 Å². The molecule has 1 aromatic heterocycles. The summed E-state index contributed by atoms with van der Waals surface area (Å²) in [6.45, 7) is 7.53. The zero-order valence-corrected chi connectivity index (χ0v) is 18.0. The Bertz CT molecular complexity index is 499. The lowest BCUT2D eigenvalue weighted by Crippen LogP contribution is -2.37. The van der Waals surface area contributed by atoms with Crippen LogP contribution in [0.1, 0.15) is 63.3 Å². The van der Waals surface area contributed by atoms with Crippen molar-refractivity contribution in [3.8, 4) is 0 Å². The number of rotatable bonds is 11. The normalized spacial score (nSPS) is 14.5. The van der Waals surface area contributed by atoms with Crippen molar-refractivity contribution >= 4 is 29.9 Å². The summed E-state index contributed by atoms with van der Waals surface area (Å²) in [4.78, 5) is 4.22. The second-order valence-electron chi connectivity index (χ2n) is 6.46. The highest BCUT2D eigenvalue weighted by atomic mass is 127. The van der Waals surface area contributed by atoms with Crippen molar-refractivity contribution in [3.63, 3.8) is 0 Å². The molecular formula is C18H33IN4O2. The molecule has 1 heterocycles. The summed E-state index contributed by atoms with van der Waals surface area (Å²) in [5.41, 5.74) is 1.05. The molecule has 1 aliphatic carbocycles. The van der Waals surface area contributed by atoms with Crippen molar-refractivity contribution in [3.05, 3.63) is 17.5 Å². The van der Waals surface area contributed by atoms with Crippen LogP contribution < -0.4 is 10.6 Å². The van der Waals surface area contributed by atoms with Crippen LogP contribution in [0.15, 0.2) is 15.6 Å². The molecule has 0 atom stereocenters. The quantitative estimate of drug-likeness (QED) is 0.226. The van der Waals surface area contributed by atoms with Gasteiger partial charge in [-0.05, 0) is 38.0 Å². The minimum Gasteiger partial charge on any atom is -0.381 e. The van der Waals surface area contributed by atoms with Crippen LogP contribution in [0, 0.1) is 5.92 Å². The number of halogens is 1. The summed E-state index contributed by atoms with van der Waals surface area (Å²) in [6, 6.07) is 2.05. The van der Waals surface area contributed by atoms with Crippen LogP contribution in [0.5, 0.6) is 0 Å². The van der Waals surface area contributed by atoms with Crippen molar-refractivity contribution in [1.29, 1.82) is 0 Å². The van der Waals surface area contributed by atoms with E-state index in [0.29, 0.717) is 12.5 Å². The van der Waals surface area contributed by atoms with Gasteiger partial charge in [0.05, 0.1) is 12.2 Å². The maximum atomic E-state index is 5.63. The summed E-state index contributed by atoms with van der Waals surface area (Å²) >= 11 is 0. The number of guanidine groups is 1. The largest absolute Gasteiger partial charge is 0.381 e. The lowest BCUT2D eigenvalue weighted by molar-refractivity contribution is 0.123. The van der Waals surface area contributed by atoms with E-state index in [1.165, 1.54) is 12.8 Å². The molecule has 0 bridgehead atoms. The molecule has 1 aliphatic rings. The lowest BCUT2D eigenvalue weighted by Gasteiger charge is -2.10. The van der Waals surface area contributed by atoms with Crippen LogP contribution in [-0.2, 0) is 11.3 Å². The number of nitrogens with one attached hydrogen (secondary N) is 2. The molecule has 0 spiro atoms. The Morgan fingerprint density at radius 1 is 1.36 bits per heavy atom. The van der Waals surface area contributed by atoms with Gasteiger partial charge < -0.3 is 19.9 Å². The molecular weight excluding hydrogens is 431 g/mol. The number of hydrogen-bond donors (Lipinski definition) is 2. The Morgan fingerprint density at radius 2 is 2.12 bits per heavy atom. The average Bonchev–Trinajstić information content (AvgIpc) is 3.31. The fourth-order valence-corrected chi connectivity index (χ4v) is 2.62. The number of hydrogen-bond acceptors (Lipinski definition) is 4. The van der Waals surface area contributed by atoms with Crippen molar-refractivity contribution in [1.82, 2.24) is 15.8 Å². The highest BCUT2D eigenvalue weighted by molar-refractivity contribution is 14.0. The Balaban J connectivity index is 0.00000312. The molecule has 7 heteroatoms. The number of aliphatic imine (C=N–C) groups is 1. The van der Waals surface area contributed by atoms with Crippen molar-refractivity contribution in [2.24, 2.45) is 10.9 Å². The summed E-state index contributed by atoms with van der Waals surface area (Å²) in [7, 11) is 1.77. The van der Waals surface area contributed by atoms with E-state index < -0.39 is 0 Å². The van der Waals surface area contributed by atoms with Gasteiger partial charge in [0, 0.05) is 38.8 Å². The van der Waals surface area contributed by atoms with Crippen LogP contribution in [0.25, 0.3) is 0 Å². The fraction of sp³-hybridized carbons (Fsp3) is 0.778. The Hall–Kier alpha value is -0.830. The van der Waals surface area contributed by atoms with Gasteiger partial charge in [-0.25, -0.2) is 0 Å². The van der Waals surface area contributed by atoms with Gasteiger partial charge in [0.1, 0.15) is 0 Å². The highest BCUT2D eigenvalue weighted by Crippen LogP contribution is 2.28. The van der Waals surface area contributed by atoms with Gasteiger partial charge in [-0.3, -0.25) is 4.99 Å². The molecule has 2 N–H and O–H groups in total. The van der Waals surface area contributed by atoms with Crippen molar-refractivity contribution in [2.75, 3.05) is 26.8 Å². The molecule has 0 aromatic carbocycles. The maximum Gasteiger partial charge on any atom is 0.191 e. The average molecular weight is 464 g/mol. The first-order valence-electron chi connectivity index (χ1n) is 9.24. The van der Waals surface area contributed by atoms with Gasteiger partial charge >= 0.3 is 0 Å². The van der Waals surface area contributed by atoms with Gasteiger partial charge in [0.15, 0.2) is 11.7 Å². The second kappa shape index (κ2) is 12.5. The zero-order chi connectivity index (χ0) is 17.2. The van der Waals surface area contributed by atoms with Gasteiger partial charge in [-0.15, -0.1) is 24.0 Å². The molecule has 6 nitrogen and oxygen atoms in total. The summed E-state index contributed by atoms with van der Waals surface area (Å²) < 4.78 is 11.0. The molecule has 2 rings (SSSR count). The molecule has 1 aromatic rings. The molecule has 0 radical (unpaired) electrons. The number of aromatic nitrogens is 1. The lowest BCUT2D eigenvalue weighted by atomic mass is 9.99. The van der Waals surface area contributed by atoms with E-state index >= 15 is 0 Å². The molecule has 0 unspecified atom stereocenters. The zero-order valence-electron chi connectivity index (χ0n) is 15.7. The minimum atomic E-state index is 0. The summed E-state index contributed by atoms with van der Waals surface area (Å²) in [5.74, 6) is 2.93. The molecule has 0 amide bonds. The molecule has 0 aliphatic heterocycles. The van der Waals surface area contributed by atoms with E-state index in [9.17, 15) is 0 Å². The Morgan fingerprint density at radius 3 is 2.76 bits per heavy atom. The first-order chi connectivity index (χ1) is 11.8. The van der Waals surface area contributed by atoms with Crippen molar-refractivity contribution < 1.29 is 9.26 Å². The maximum absolute atomic E-state index is 5.63. The smallest absolute Gasteiger partial charge is 0.191 e. The Labute approximate surface area is 168 Å². The highest BCUT2D eigenvalue weighted by Gasteiger charge is 2.20. The molecule has 1 fully saturated rings. The van der Waals surface area contributed by atoms with E-state index in [1.807, 2.05) is 6.07 Å². The standard InChI is InChI=1S/C18H32N4O2.HI/c1-4-15(5-2)17-11-16(24-22-17)12-21-18(19-3)20-9-6-10-23-13-14-7-8-14;/h11,14-15H,4-10,12-13H2,1-3H3,(H2,19,20,21);1H. The molecule has 0 saturated heterocycles. The molecule has 25 heavy (non-hydrogen) atoms. The minimum absolute atomic E-state index is 0. The number of ether oxygens (including phenoxy) is 1. The van der Waals surface area contributed by atoms with Crippen LogP contribution in [0.2, 0.25) is 0 Å². The van der Waals surface area contributed by atoms with Gasteiger partial charge in [-0.2, -0.15) is 0 Å². The first-order valence-corrected chi connectivity index (χ1v) is 9.24. The predicted molar refractivity (Wildman–Crippen MR) is 112 cm³/mol. The Kier molecular flexibility index (Phi) is 11.1. The molecule has 1 saturated carbocycles. The van der Waals surface area contributed by atoms with Crippen LogP contribution in [-0.4, -0.2) is 37.9 Å². The van der Waals surface area contributed by atoms with Crippen molar-refractivity contribution in [2.45, 2.75) is 58.4 Å². The molecule has 144 valence electrons. The monoisotopic (exact) mass is 464 g/mol. The topological polar surface area (TPSA) is 71.7 Å². The second-order valence-corrected chi connectivity index (χ2v) is 6.46. The van der Waals surface area contributed by atoms with Gasteiger partial charge in [0.25, 0.3) is 0 Å². The first kappa shape index (κ1) is 22.2. The van der Waals surface area contributed by atoms with Gasteiger partial charge in [0.2, 0.25) is 0 Å². The van der Waals surface area contributed by atoms with E-state index in [2.05, 4.69) is 34.6 Å². The third-order valence-corrected chi connectivity index (χ3v) is 4.44.